The van der Waals surface area contributed by atoms with E-state index in [4.69, 9.17) is 9.47 Å². The number of anilines is 2. The van der Waals surface area contributed by atoms with Crippen LogP contribution < -0.4 is 20.1 Å². The lowest BCUT2D eigenvalue weighted by atomic mass is 9.61. The Hall–Kier alpha value is -4.17. The van der Waals surface area contributed by atoms with Gasteiger partial charge >= 0.3 is 0 Å². The highest BCUT2D eigenvalue weighted by atomic mass is 16.5. The van der Waals surface area contributed by atoms with Crippen molar-refractivity contribution >= 4 is 29.0 Å². The molecule has 1 aliphatic carbocycles. The second kappa shape index (κ2) is 11.7. The zero-order valence-electron chi connectivity index (χ0n) is 24.6. The predicted molar refractivity (Wildman–Crippen MR) is 159 cm³/mol. The summed E-state index contributed by atoms with van der Waals surface area (Å²) in [5.41, 5.74) is 3.71. The van der Waals surface area contributed by atoms with E-state index in [-0.39, 0.29) is 6.42 Å². The summed E-state index contributed by atoms with van der Waals surface area (Å²) in [5.74, 6) is -4.03. The van der Waals surface area contributed by atoms with Crippen LogP contribution >= 0.6 is 0 Å². The summed E-state index contributed by atoms with van der Waals surface area (Å²) in [6, 6.07) is 16.2. The molecular formula is C33H38N2O6. The molecule has 41 heavy (non-hydrogen) atoms. The maximum atomic E-state index is 14.1. The summed E-state index contributed by atoms with van der Waals surface area (Å²) in [6.45, 7) is 9.16. The van der Waals surface area contributed by atoms with Gasteiger partial charge < -0.3 is 25.2 Å². The summed E-state index contributed by atoms with van der Waals surface area (Å²) in [7, 11) is 2.99. The quantitative estimate of drug-likeness (QED) is 0.341. The van der Waals surface area contributed by atoms with E-state index in [1.807, 2.05) is 52.0 Å². The number of ketones is 1. The van der Waals surface area contributed by atoms with Crippen molar-refractivity contribution in [3.8, 4) is 11.5 Å². The number of rotatable bonds is 7. The lowest BCUT2D eigenvalue weighted by Gasteiger charge is -2.44. The number of hydrogen-bond donors (Lipinski definition) is 3. The maximum absolute atomic E-state index is 14.1. The number of amides is 2. The average molecular weight is 559 g/mol. The summed E-state index contributed by atoms with van der Waals surface area (Å²) >= 11 is 0. The fraction of sp³-hybridized carbons (Fsp3) is 0.364. The molecule has 3 N–H and O–H groups in total. The van der Waals surface area contributed by atoms with Crippen LogP contribution in [0.3, 0.4) is 0 Å². The van der Waals surface area contributed by atoms with Gasteiger partial charge in [0.25, 0.3) is 0 Å². The third-order valence-electron chi connectivity index (χ3n) is 8.35. The molecule has 1 saturated carbocycles. The van der Waals surface area contributed by atoms with Crippen LogP contribution in [0.5, 0.6) is 11.5 Å². The van der Waals surface area contributed by atoms with Crippen LogP contribution in [-0.2, 0) is 14.4 Å². The SMILES string of the molecule is COc1ccc(C2C(C(=O)Nc3cccc(C)c3C)C(=O)CC(C)(O)C2C(=O)Nc2cccc(C)c2C)cc1OC. The van der Waals surface area contributed by atoms with Crippen LogP contribution in [0.2, 0.25) is 0 Å². The third-order valence-corrected chi connectivity index (χ3v) is 8.35. The largest absolute Gasteiger partial charge is 0.493 e. The van der Waals surface area contributed by atoms with Gasteiger partial charge in [-0.2, -0.15) is 0 Å². The zero-order chi connectivity index (χ0) is 30.1. The van der Waals surface area contributed by atoms with Crippen LogP contribution in [0.15, 0.2) is 54.6 Å². The first-order chi connectivity index (χ1) is 19.4. The minimum absolute atomic E-state index is 0.355. The highest BCUT2D eigenvalue weighted by molar-refractivity contribution is 6.10. The second-order valence-electron chi connectivity index (χ2n) is 11.1. The number of ether oxygens (including phenoxy) is 2. The third kappa shape index (κ3) is 5.84. The molecule has 4 unspecified atom stereocenters. The van der Waals surface area contributed by atoms with Crippen molar-refractivity contribution in [2.45, 2.75) is 52.6 Å². The van der Waals surface area contributed by atoms with E-state index in [0.29, 0.717) is 28.4 Å². The molecule has 1 aliphatic rings. The Bertz CT molecular complexity index is 1500. The summed E-state index contributed by atoms with van der Waals surface area (Å²) < 4.78 is 10.9. The molecular weight excluding hydrogens is 520 g/mol. The van der Waals surface area contributed by atoms with E-state index in [2.05, 4.69) is 10.6 Å². The van der Waals surface area contributed by atoms with Gasteiger partial charge in [0.15, 0.2) is 11.5 Å². The smallest absolute Gasteiger partial charge is 0.235 e. The van der Waals surface area contributed by atoms with Crippen LogP contribution in [0.25, 0.3) is 0 Å². The Kier molecular flexibility index (Phi) is 8.54. The van der Waals surface area contributed by atoms with Crippen LogP contribution in [0.1, 0.15) is 47.1 Å². The van der Waals surface area contributed by atoms with Crippen molar-refractivity contribution < 1.29 is 29.0 Å². The number of benzene rings is 3. The summed E-state index contributed by atoms with van der Waals surface area (Å²) in [4.78, 5) is 41.7. The van der Waals surface area contributed by atoms with E-state index in [9.17, 15) is 19.5 Å². The van der Waals surface area contributed by atoms with Gasteiger partial charge in [0.05, 0.1) is 25.7 Å². The van der Waals surface area contributed by atoms with Crippen LogP contribution in [0.4, 0.5) is 11.4 Å². The number of carbonyl (C=O) groups excluding carboxylic acids is 3. The molecule has 216 valence electrons. The number of nitrogens with one attached hydrogen (secondary N) is 2. The fourth-order valence-electron chi connectivity index (χ4n) is 5.75. The Morgan fingerprint density at radius 3 is 1.90 bits per heavy atom. The van der Waals surface area contributed by atoms with Crippen LogP contribution in [0, 0.1) is 39.5 Å². The molecule has 0 spiro atoms. The van der Waals surface area contributed by atoms with Crippen molar-refractivity contribution in [2.24, 2.45) is 11.8 Å². The van der Waals surface area contributed by atoms with Gasteiger partial charge in [-0.05, 0) is 86.7 Å². The molecule has 4 atom stereocenters. The number of aliphatic hydroxyl groups is 1. The monoisotopic (exact) mass is 558 g/mol. The zero-order valence-corrected chi connectivity index (χ0v) is 24.6. The molecule has 8 heteroatoms. The van der Waals surface area contributed by atoms with Crippen molar-refractivity contribution in [1.29, 1.82) is 0 Å². The van der Waals surface area contributed by atoms with Gasteiger partial charge in [0, 0.05) is 23.7 Å². The fourth-order valence-corrected chi connectivity index (χ4v) is 5.75. The van der Waals surface area contributed by atoms with Gasteiger partial charge in [-0.25, -0.2) is 0 Å². The van der Waals surface area contributed by atoms with E-state index in [0.717, 1.165) is 22.3 Å². The minimum Gasteiger partial charge on any atom is -0.493 e. The van der Waals surface area contributed by atoms with Crippen LogP contribution in [-0.4, -0.2) is 42.5 Å². The van der Waals surface area contributed by atoms with Crippen molar-refractivity contribution in [3.05, 3.63) is 82.4 Å². The number of methoxy groups -OCH3 is 2. The Morgan fingerprint density at radius 2 is 1.37 bits per heavy atom. The number of carbonyl (C=O) groups is 3. The molecule has 3 aromatic carbocycles. The first-order valence-electron chi connectivity index (χ1n) is 13.6. The molecule has 0 saturated heterocycles. The average Bonchev–Trinajstić information content (AvgIpc) is 2.92. The Balaban J connectivity index is 1.85. The molecule has 8 nitrogen and oxygen atoms in total. The molecule has 0 heterocycles. The first-order valence-corrected chi connectivity index (χ1v) is 13.6. The van der Waals surface area contributed by atoms with Gasteiger partial charge in [-0.1, -0.05) is 30.3 Å². The second-order valence-corrected chi connectivity index (χ2v) is 11.1. The lowest BCUT2D eigenvalue weighted by molar-refractivity contribution is -0.150. The number of Topliss-reactive ketones (excluding diaryl/α,β-unsaturated/α-hetero) is 1. The standard InChI is InChI=1S/C33H38N2O6/c1-18-10-8-12-23(20(18)3)34-31(37)29-25(36)17-33(5,39)30(32(38)35-24-13-9-11-19(2)21(24)4)28(29)22-14-15-26(40-6)27(16-22)41-7/h8-16,28-30,39H,17H2,1-7H3,(H,34,37)(H,35,38). The summed E-state index contributed by atoms with van der Waals surface area (Å²) in [5, 5.41) is 17.5. The Morgan fingerprint density at radius 1 is 0.829 bits per heavy atom. The molecule has 0 radical (unpaired) electrons. The molecule has 3 aromatic rings. The Labute approximate surface area is 241 Å². The molecule has 0 aromatic heterocycles. The predicted octanol–water partition coefficient (Wildman–Crippen LogP) is 5.25. The van der Waals surface area contributed by atoms with E-state index < -0.39 is 41.0 Å². The van der Waals surface area contributed by atoms with E-state index in [1.54, 1.807) is 30.3 Å². The highest BCUT2D eigenvalue weighted by Gasteiger charge is 2.56. The molecule has 4 rings (SSSR count). The molecule has 0 bridgehead atoms. The van der Waals surface area contributed by atoms with Crippen molar-refractivity contribution in [3.63, 3.8) is 0 Å². The maximum Gasteiger partial charge on any atom is 0.235 e. The number of aryl methyl sites for hydroxylation is 2. The topological polar surface area (TPSA) is 114 Å². The van der Waals surface area contributed by atoms with Crippen molar-refractivity contribution in [2.75, 3.05) is 24.9 Å². The van der Waals surface area contributed by atoms with Gasteiger partial charge in [-0.15, -0.1) is 0 Å². The van der Waals surface area contributed by atoms with Gasteiger partial charge in [-0.3, -0.25) is 14.4 Å². The molecule has 1 fully saturated rings. The highest BCUT2D eigenvalue weighted by Crippen LogP contribution is 2.48. The van der Waals surface area contributed by atoms with E-state index in [1.165, 1.54) is 21.1 Å². The summed E-state index contributed by atoms with van der Waals surface area (Å²) in [6.07, 6.45) is -0.355. The molecule has 0 aliphatic heterocycles. The number of hydrogen-bond acceptors (Lipinski definition) is 6. The minimum atomic E-state index is -1.73. The van der Waals surface area contributed by atoms with Crippen molar-refractivity contribution in [1.82, 2.24) is 0 Å². The lowest BCUT2D eigenvalue weighted by Crippen LogP contribution is -2.56. The first kappa shape index (κ1) is 29.8. The van der Waals surface area contributed by atoms with Gasteiger partial charge in [0.1, 0.15) is 11.7 Å². The van der Waals surface area contributed by atoms with Gasteiger partial charge in [0.2, 0.25) is 11.8 Å². The van der Waals surface area contributed by atoms with E-state index >= 15 is 0 Å². The molecule has 2 amide bonds. The normalized spacial score (nSPS) is 22.1.